The van der Waals surface area contributed by atoms with Crippen LogP contribution in [-0.4, -0.2) is 11.2 Å². The summed E-state index contributed by atoms with van der Waals surface area (Å²) in [6, 6.07) is 10.0. The summed E-state index contributed by atoms with van der Waals surface area (Å²) in [6.07, 6.45) is -0.870. The number of phenols is 1. The number of benzene rings is 2. The third-order valence-electron chi connectivity index (χ3n) is 2.07. The summed E-state index contributed by atoms with van der Waals surface area (Å²) in [7, 11) is 0. The number of hydrogen-bond acceptors (Lipinski definition) is 3. The van der Waals surface area contributed by atoms with Crippen molar-refractivity contribution in [3.05, 3.63) is 36.4 Å². The smallest absolute Gasteiger partial charge is 0.409 e. The van der Waals surface area contributed by atoms with E-state index in [4.69, 9.17) is 10.5 Å². The van der Waals surface area contributed by atoms with Crippen molar-refractivity contribution >= 4 is 16.9 Å². The van der Waals surface area contributed by atoms with Crippen molar-refractivity contribution in [3.8, 4) is 11.5 Å². The first-order valence-corrected chi connectivity index (χ1v) is 4.36. The van der Waals surface area contributed by atoms with Gasteiger partial charge in [0, 0.05) is 10.8 Å². The molecule has 0 aliphatic heterocycles. The van der Waals surface area contributed by atoms with Crippen molar-refractivity contribution < 1.29 is 14.6 Å². The molecule has 0 bridgehead atoms. The highest BCUT2D eigenvalue weighted by atomic mass is 16.5. The minimum absolute atomic E-state index is 0.141. The predicted molar refractivity (Wildman–Crippen MR) is 55.8 cm³/mol. The van der Waals surface area contributed by atoms with Gasteiger partial charge < -0.3 is 15.6 Å². The van der Waals surface area contributed by atoms with E-state index in [1.165, 1.54) is 12.1 Å². The monoisotopic (exact) mass is 203 g/mol. The molecule has 1 amide bonds. The van der Waals surface area contributed by atoms with Crippen molar-refractivity contribution in [2.75, 3.05) is 0 Å². The Morgan fingerprint density at radius 3 is 2.47 bits per heavy atom. The van der Waals surface area contributed by atoms with Crippen LogP contribution in [0.15, 0.2) is 36.4 Å². The van der Waals surface area contributed by atoms with E-state index in [2.05, 4.69) is 0 Å². The largest absolute Gasteiger partial charge is 0.507 e. The maximum absolute atomic E-state index is 10.6. The first kappa shape index (κ1) is 9.33. The Bertz CT molecular complexity index is 522. The molecule has 0 saturated heterocycles. The number of rotatable bonds is 1. The summed E-state index contributed by atoms with van der Waals surface area (Å²) < 4.78 is 4.81. The van der Waals surface area contributed by atoms with Crippen LogP contribution in [0.1, 0.15) is 0 Å². The lowest BCUT2D eigenvalue weighted by Gasteiger charge is -2.06. The molecule has 76 valence electrons. The van der Waals surface area contributed by atoms with Gasteiger partial charge in [-0.2, -0.15) is 0 Å². The van der Waals surface area contributed by atoms with E-state index in [1.807, 2.05) is 0 Å². The molecule has 2 aromatic rings. The summed E-state index contributed by atoms with van der Waals surface area (Å²) >= 11 is 0. The number of nitrogens with two attached hydrogens (primary N) is 1. The van der Waals surface area contributed by atoms with Crippen LogP contribution in [0.2, 0.25) is 0 Å². The maximum atomic E-state index is 10.6. The lowest BCUT2D eigenvalue weighted by Crippen LogP contribution is -2.16. The number of aromatic hydroxyl groups is 1. The molecule has 4 heteroatoms. The highest BCUT2D eigenvalue weighted by molar-refractivity contribution is 5.94. The number of phenolic OH excluding ortho intramolecular Hbond substituents is 1. The Morgan fingerprint density at radius 1 is 1.13 bits per heavy atom. The number of primary amides is 1. The summed E-state index contributed by atoms with van der Waals surface area (Å²) in [5.74, 6) is 0.485. The Morgan fingerprint density at radius 2 is 1.80 bits per heavy atom. The van der Waals surface area contributed by atoms with Crippen LogP contribution in [0, 0.1) is 0 Å². The van der Waals surface area contributed by atoms with Gasteiger partial charge in [0.25, 0.3) is 0 Å². The van der Waals surface area contributed by atoms with Crippen LogP contribution in [0.5, 0.6) is 11.5 Å². The highest BCUT2D eigenvalue weighted by Crippen LogP contribution is 2.31. The Balaban J connectivity index is 2.66. The lowest BCUT2D eigenvalue weighted by atomic mass is 10.1. The Labute approximate surface area is 85.9 Å². The van der Waals surface area contributed by atoms with Gasteiger partial charge in [-0.15, -0.1) is 0 Å². The van der Waals surface area contributed by atoms with Crippen LogP contribution >= 0.6 is 0 Å². The molecule has 0 radical (unpaired) electrons. The second-order valence-electron chi connectivity index (χ2n) is 3.05. The number of fused-ring (bicyclic) bond motifs is 1. The van der Waals surface area contributed by atoms with E-state index in [9.17, 15) is 9.90 Å². The summed E-state index contributed by atoms with van der Waals surface area (Å²) in [5.41, 5.74) is 4.93. The Hall–Kier alpha value is -2.23. The maximum Gasteiger partial charge on any atom is 0.409 e. The number of hydrogen-bond donors (Lipinski definition) is 2. The second-order valence-corrected chi connectivity index (χ2v) is 3.05. The van der Waals surface area contributed by atoms with Gasteiger partial charge in [-0.1, -0.05) is 24.3 Å². The zero-order valence-electron chi connectivity index (χ0n) is 7.81. The standard InChI is InChI=1S/C11H9NO3/c12-11(14)15-10-6-5-9(13)7-3-1-2-4-8(7)10/h1-6,13H,(H2,12,14). The third kappa shape index (κ3) is 1.69. The zero-order chi connectivity index (χ0) is 10.8. The fraction of sp³-hybridized carbons (Fsp3) is 0. The van der Waals surface area contributed by atoms with Crippen molar-refractivity contribution in [3.63, 3.8) is 0 Å². The van der Waals surface area contributed by atoms with Gasteiger partial charge in [0.1, 0.15) is 11.5 Å². The van der Waals surface area contributed by atoms with E-state index in [0.29, 0.717) is 16.5 Å². The lowest BCUT2D eigenvalue weighted by molar-refractivity contribution is 0.211. The van der Waals surface area contributed by atoms with Crippen LogP contribution in [-0.2, 0) is 0 Å². The molecule has 0 atom stereocenters. The van der Waals surface area contributed by atoms with E-state index >= 15 is 0 Å². The molecule has 0 aromatic heterocycles. The van der Waals surface area contributed by atoms with Gasteiger partial charge in [0.2, 0.25) is 0 Å². The molecule has 0 aliphatic rings. The Kier molecular flexibility index (Phi) is 2.17. The molecule has 2 rings (SSSR count). The minimum Gasteiger partial charge on any atom is -0.507 e. The minimum atomic E-state index is -0.870. The average molecular weight is 203 g/mol. The zero-order valence-corrected chi connectivity index (χ0v) is 7.81. The van der Waals surface area contributed by atoms with E-state index < -0.39 is 6.09 Å². The predicted octanol–water partition coefficient (Wildman–Crippen LogP) is 2.00. The molecule has 3 N–H and O–H groups in total. The van der Waals surface area contributed by atoms with E-state index in [-0.39, 0.29) is 5.75 Å². The molecular weight excluding hydrogens is 194 g/mol. The van der Waals surface area contributed by atoms with Gasteiger partial charge in [0.15, 0.2) is 0 Å². The summed E-state index contributed by atoms with van der Waals surface area (Å²) in [4.78, 5) is 10.6. The summed E-state index contributed by atoms with van der Waals surface area (Å²) in [5, 5.41) is 10.8. The average Bonchev–Trinajstić information content (AvgIpc) is 2.22. The fourth-order valence-corrected chi connectivity index (χ4v) is 1.45. The molecule has 0 heterocycles. The van der Waals surface area contributed by atoms with E-state index in [0.717, 1.165) is 0 Å². The SMILES string of the molecule is NC(=O)Oc1ccc(O)c2ccccc12. The van der Waals surface area contributed by atoms with Crippen LogP contribution in [0.25, 0.3) is 10.8 Å². The van der Waals surface area contributed by atoms with Crippen LogP contribution in [0.4, 0.5) is 4.79 Å². The quantitative estimate of drug-likeness (QED) is 0.744. The molecule has 0 spiro atoms. The van der Waals surface area contributed by atoms with Crippen molar-refractivity contribution in [2.24, 2.45) is 5.73 Å². The second kappa shape index (κ2) is 3.49. The number of carbonyl (C=O) groups excluding carboxylic acids is 1. The summed E-state index contributed by atoms with van der Waals surface area (Å²) in [6.45, 7) is 0. The van der Waals surface area contributed by atoms with Crippen molar-refractivity contribution in [2.45, 2.75) is 0 Å². The van der Waals surface area contributed by atoms with Gasteiger partial charge >= 0.3 is 6.09 Å². The first-order chi connectivity index (χ1) is 7.18. The normalized spacial score (nSPS) is 10.1. The third-order valence-corrected chi connectivity index (χ3v) is 2.07. The molecule has 0 unspecified atom stereocenters. The number of carbonyl (C=O) groups is 1. The van der Waals surface area contributed by atoms with Gasteiger partial charge in [-0.25, -0.2) is 4.79 Å². The van der Waals surface area contributed by atoms with Crippen molar-refractivity contribution in [1.82, 2.24) is 0 Å². The molecular formula is C11H9NO3. The molecule has 0 aliphatic carbocycles. The first-order valence-electron chi connectivity index (χ1n) is 4.36. The molecule has 4 nitrogen and oxygen atoms in total. The molecule has 2 aromatic carbocycles. The van der Waals surface area contributed by atoms with Gasteiger partial charge in [-0.05, 0) is 12.1 Å². The van der Waals surface area contributed by atoms with Crippen LogP contribution < -0.4 is 10.5 Å². The molecule has 15 heavy (non-hydrogen) atoms. The fourth-order valence-electron chi connectivity index (χ4n) is 1.45. The van der Waals surface area contributed by atoms with Crippen molar-refractivity contribution in [1.29, 1.82) is 0 Å². The van der Waals surface area contributed by atoms with E-state index in [1.54, 1.807) is 24.3 Å². The van der Waals surface area contributed by atoms with Gasteiger partial charge in [0.05, 0.1) is 0 Å². The highest BCUT2D eigenvalue weighted by Gasteiger charge is 2.07. The topological polar surface area (TPSA) is 72.6 Å². The molecule has 0 saturated carbocycles. The number of amides is 1. The molecule has 0 fully saturated rings. The number of ether oxygens (including phenoxy) is 1. The van der Waals surface area contributed by atoms with Gasteiger partial charge in [-0.3, -0.25) is 0 Å². The van der Waals surface area contributed by atoms with Crippen LogP contribution in [0.3, 0.4) is 0 Å².